The molecule has 3 N–H and O–H groups in total. The molecule has 9 nitrogen and oxygen atoms in total. The number of fused-ring (bicyclic) bond motifs is 1. The molecule has 0 radical (unpaired) electrons. The second kappa shape index (κ2) is 9.60. The molecule has 0 bridgehead atoms. The normalized spacial score (nSPS) is 17.5. The smallest absolute Gasteiger partial charge is 0.276 e. The molecular formula is C26H26F3N7O2. The standard InChI is InChI=1S/C26H26F3N7O2/c1-13(2)35-20-9-7-18(24(22(20)25(29)33-35)34-11-14(3)17(30)12-34)31-26(38)19-8-10-21(37)36(32-19)23-15(27)5-4-6-16(23)28/h4-10,13-14,17H,11-12,30H2,1-3H3,(H,31,38)/t14-,17+/m1/s1. The van der Waals surface area contributed by atoms with Crippen LogP contribution in [0.1, 0.15) is 37.3 Å². The third-order valence-corrected chi connectivity index (χ3v) is 6.71. The molecule has 198 valence electrons. The molecule has 2 aromatic heterocycles. The Morgan fingerprint density at radius 2 is 1.74 bits per heavy atom. The molecule has 12 heteroatoms. The highest BCUT2D eigenvalue weighted by Gasteiger charge is 2.32. The van der Waals surface area contributed by atoms with Crippen LogP contribution in [0.3, 0.4) is 0 Å². The number of nitrogens with one attached hydrogen (secondary N) is 1. The van der Waals surface area contributed by atoms with Gasteiger partial charge in [0.25, 0.3) is 11.5 Å². The van der Waals surface area contributed by atoms with Gasteiger partial charge in [-0.3, -0.25) is 14.3 Å². The zero-order valence-corrected chi connectivity index (χ0v) is 21.0. The second-order valence-electron chi connectivity index (χ2n) is 9.72. The summed E-state index contributed by atoms with van der Waals surface area (Å²) in [6.45, 7) is 6.73. The highest BCUT2D eigenvalue weighted by Crippen LogP contribution is 2.39. The number of nitrogens with zero attached hydrogens (tertiary/aromatic N) is 5. The molecule has 38 heavy (non-hydrogen) atoms. The average molecular weight is 526 g/mol. The summed E-state index contributed by atoms with van der Waals surface area (Å²) in [6, 6.07) is 8.28. The van der Waals surface area contributed by atoms with Crippen LogP contribution in [0.25, 0.3) is 16.6 Å². The SMILES string of the molecule is CC(C)n1nc(F)c2c(N3C[C@@H](C)[C@@H](N)C3)c(NC(=O)c3ccc(=O)n(-c4c(F)cccc4F)n3)ccc21. The van der Waals surface area contributed by atoms with Crippen LogP contribution in [0.15, 0.2) is 47.3 Å². The van der Waals surface area contributed by atoms with E-state index in [4.69, 9.17) is 5.73 Å². The highest BCUT2D eigenvalue weighted by molar-refractivity contribution is 6.09. The van der Waals surface area contributed by atoms with Crippen molar-refractivity contribution in [2.24, 2.45) is 11.7 Å². The molecular weight excluding hydrogens is 499 g/mol. The van der Waals surface area contributed by atoms with Gasteiger partial charge in [-0.2, -0.15) is 14.2 Å². The molecule has 3 heterocycles. The Balaban J connectivity index is 1.59. The van der Waals surface area contributed by atoms with Crippen molar-refractivity contribution in [2.45, 2.75) is 32.9 Å². The third-order valence-electron chi connectivity index (χ3n) is 6.71. The number of hydrogen-bond donors (Lipinski definition) is 2. The molecule has 1 amide bonds. The number of halogens is 3. The van der Waals surface area contributed by atoms with Crippen LogP contribution in [-0.4, -0.2) is 44.6 Å². The molecule has 1 fully saturated rings. The van der Waals surface area contributed by atoms with Crippen molar-refractivity contribution in [3.63, 3.8) is 0 Å². The Kier molecular flexibility index (Phi) is 6.43. The van der Waals surface area contributed by atoms with Crippen molar-refractivity contribution in [2.75, 3.05) is 23.3 Å². The predicted octanol–water partition coefficient (Wildman–Crippen LogP) is 3.62. The number of carbonyl (C=O) groups is 1. The molecule has 4 aromatic rings. The first kappa shape index (κ1) is 25.5. The lowest BCUT2D eigenvalue weighted by molar-refractivity contribution is 0.102. The molecule has 2 aromatic carbocycles. The van der Waals surface area contributed by atoms with Crippen LogP contribution in [0.4, 0.5) is 24.5 Å². The van der Waals surface area contributed by atoms with Gasteiger partial charge in [-0.1, -0.05) is 13.0 Å². The van der Waals surface area contributed by atoms with Crippen LogP contribution in [0.2, 0.25) is 0 Å². The molecule has 0 unspecified atom stereocenters. The topological polar surface area (TPSA) is 111 Å². The second-order valence-corrected chi connectivity index (χ2v) is 9.72. The van der Waals surface area contributed by atoms with Gasteiger partial charge in [-0.05, 0) is 50.1 Å². The van der Waals surface area contributed by atoms with E-state index < -0.39 is 34.7 Å². The fraction of sp³-hybridized carbons (Fsp3) is 0.308. The fourth-order valence-electron chi connectivity index (χ4n) is 4.74. The highest BCUT2D eigenvalue weighted by atomic mass is 19.1. The molecule has 0 spiro atoms. The number of benzene rings is 2. The molecule has 0 aliphatic carbocycles. The first-order valence-corrected chi connectivity index (χ1v) is 12.1. The number of carbonyl (C=O) groups excluding carboxylic acids is 1. The average Bonchev–Trinajstić information content (AvgIpc) is 3.38. The van der Waals surface area contributed by atoms with E-state index in [9.17, 15) is 18.4 Å². The summed E-state index contributed by atoms with van der Waals surface area (Å²) in [5.74, 6) is -3.35. The summed E-state index contributed by atoms with van der Waals surface area (Å²) < 4.78 is 46.0. The van der Waals surface area contributed by atoms with Gasteiger partial charge in [0.1, 0.15) is 11.4 Å². The van der Waals surface area contributed by atoms with Crippen LogP contribution < -0.4 is 21.5 Å². The van der Waals surface area contributed by atoms with E-state index in [1.807, 2.05) is 25.7 Å². The van der Waals surface area contributed by atoms with Crippen molar-refractivity contribution in [1.29, 1.82) is 0 Å². The summed E-state index contributed by atoms with van der Waals surface area (Å²) in [5, 5.41) is 10.9. The number of amides is 1. The lowest BCUT2D eigenvalue weighted by Crippen LogP contribution is -2.29. The number of para-hydroxylation sites is 1. The van der Waals surface area contributed by atoms with E-state index in [-0.39, 0.29) is 34.8 Å². The lowest BCUT2D eigenvalue weighted by atomic mass is 10.1. The minimum atomic E-state index is -1.01. The predicted molar refractivity (Wildman–Crippen MR) is 137 cm³/mol. The van der Waals surface area contributed by atoms with E-state index in [0.29, 0.717) is 29.0 Å². The van der Waals surface area contributed by atoms with Crippen molar-refractivity contribution in [3.8, 4) is 5.69 Å². The Labute approximate surface area is 215 Å². The van der Waals surface area contributed by atoms with Gasteiger partial charge >= 0.3 is 0 Å². The van der Waals surface area contributed by atoms with Gasteiger partial charge in [0.05, 0.1) is 22.3 Å². The number of rotatable bonds is 5. The Bertz CT molecular complexity index is 1580. The zero-order valence-electron chi connectivity index (χ0n) is 21.0. The van der Waals surface area contributed by atoms with Crippen LogP contribution in [0.5, 0.6) is 0 Å². The van der Waals surface area contributed by atoms with Crippen LogP contribution in [-0.2, 0) is 0 Å². The maximum absolute atomic E-state index is 15.3. The number of hydrogen-bond acceptors (Lipinski definition) is 6. The monoisotopic (exact) mass is 525 g/mol. The van der Waals surface area contributed by atoms with Gasteiger partial charge in [-0.25, -0.2) is 8.78 Å². The molecule has 0 saturated carbocycles. The van der Waals surface area contributed by atoms with E-state index in [1.54, 1.807) is 16.8 Å². The van der Waals surface area contributed by atoms with Gasteiger partial charge < -0.3 is 16.0 Å². The number of anilines is 2. The summed E-state index contributed by atoms with van der Waals surface area (Å²) in [7, 11) is 0. The van der Waals surface area contributed by atoms with Crippen LogP contribution in [0, 0.1) is 23.5 Å². The van der Waals surface area contributed by atoms with E-state index in [2.05, 4.69) is 15.5 Å². The Hall–Kier alpha value is -4.19. The zero-order chi connectivity index (χ0) is 27.3. The first-order chi connectivity index (χ1) is 18.1. The van der Waals surface area contributed by atoms with E-state index in [1.165, 1.54) is 0 Å². The Morgan fingerprint density at radius 3 is 2.37 bits per heavy atom. The summed E-state index contributed by atoms with van der Waals surface area (Å²) in [5.41, 5.74) is 5.71. The maximum atomic E-state index is 15.3. The summed E-state index contributed by atoms with van der Waals surface area (Å²) >= 11 is 0. The fourth-order valence-corrected chi connectivity index (χ4v) is 4.74. The molecule has 2 atom stereocenters. The lowest BCUT2D eigenvalue weighted by Gasteiger charge is -2.23. The first-order valence-electron chi connectivity index (χ1n) is 12.1. The summed E-state index contributed by atoms with van der Waals surface area (Å²) in [4.78, 5) is 27.5. The van der Waals surface area contributed by atoms with Gasteiger partial charge in [0, 0.05) is 31.2 Å². The molecule has 1 saturated heterocycles. The largest absolute Gasteiger partial charge is 0.367 e. The minimum absolute atomic E-state index is 0.112. The number of aromatic nitrogens is 4. The van der Waals surface area contributed by atoms with Crippen LogP contribution >= 0.6 is 0 Å². The van der Waals surface area contributed by atoms with Crippen molar-refractivity contribution in [1.82, 2.24) is 19.6 Å². The molecule has 5 rings (SSSR count). The number of nitrogens with two attached hydrogens (primary N) is 1. The summed E-state index contributed by atoms with van der Waals surface area (Å²) in [6.07, 6.45) is 0. The third kappa shape index (κ3) is 4.30. The van der Waals surface area contributed by atoms with Gasteiger partial charge in [0.15, 0.2) is 11.6 Å². The Morgan fingerprint density at radius 1 is 1.03 bits per heavy atom. The molecule has 1 aliphatic rings. The van der Waals surface area contributed by atoms with E-state index in [0.717, 1.165) is 30.3 Å². The van der Waals surface area contributed by atoms with E-state index >= 15 is 4.39 Å². The van der Waals surface area contributed by atoms with Crippen molar-refractivity contribution >= 4 is 28.2 Å². The minimum Gasteiger partial charge on any atom is -0.367 e. The quantitative estimate of drug-likeness (QED) is 0.412. The van der Waals surface area contributed by atoms with Crippen molar-refractivity contribution < 1.29 is 18.0 Å². The van der Waals surface area contributed by atoms with Gasteiger partial charge in [-0.15, -0.1) is 5.10 Å². The van der Waals surface area contributed by atoms with Crippen molar-refractivity contribution in [3.05, 3.63) is 76.1 Å². The van der Waals surface area contributed by atoms with Gasteiger partial charge in [0.2, 0.25) is 5.95 Å². The molecule has 1 aliphatic heterocycles. The maximum Gasteiger partial charge on any atom is 0.276 e.